The minimum atomic E-state index is 0.945. The standard InChI is InChI=1S/C14H18N2/c1-4-15-12-9-5-7-11-8-6-10-13(14(11)12)16(2)3/h5-10,15H,4H2,1-3H3. The van der Waals surface area contributed by atoms with Crippen molar-refractivity contribution in [3.05, 3.63) is 36.4 Å². The molecule has 2 rings (SSSR count). The van der Waals surface area contributed by atoms with Crippen LogP contribution in [0.1, 0.15) is 6.92 Å². The molecule has 0 heterocycles. The van der Waals surface area contributed by atoms with Gasteiger partial charge in [0.1, 0.15) is 0 Å². The van der Waals surface area contributed by atoms with Gasteiger partial charge in [-0.05, 0) is 24.4 Å². The molecule has 2 nitrogen and oxygen atoms in total. The lowest BCUT2D eigenvalue weighted by Gasteiger charge is -2.18. The smallest absolute Gasteiger partial charge is 0.0461 e. The van der Waals surface area contributed by atoms with Crippen LogP contribution in [0.2, 0.25) is 0 Å². The van der Waals surface area contributed by atoms with Gasteiger partial charge in [-0.25, -0.2) is 0 Å². The average Bonchev–Trinajstić information content (AvgIpc) is 2.29. The number of benzene rings is 2. The third-order valence-electron chi connectivity index (χ3n) is 2.73. The maximum atomic E-state index is 3.42. The van der Waals surface area contributed by atoms with Gasteiger partial charge in [-0.15, -0.1) is 0 Å². The van der Waals surface area contributed by atoms with E-state index in [1.54, 1.807) is 0 Å². The summed E-state index contributed by atoms with van der Waals surface area (Å²) >= 11 is 0. The highest BCUT2D eigenvalue weighted by atomic mass is 15.1. The SMILES string of the molecule is CCNc1cccc2cccc(N(C)C)c12. The van der Waals surface area contributed by atoms with Gasteiger partial charge in [-0.3, -0.25) is 0 Å². The van der Waals surface area contributed by atoms with Crippen molar-refractivity contribution in [1.82, 2.24) is 0 Å². The molecule has 0 spiro atoms. The molecular formula is C14H18N2. The van der Waals surface area contributed by atoms with Crippen molar-refractivity contribution in [2.45, 2.75) is 6.92 Å². The molecular weight excluding hydrogens is 196 g/mol. The number of nitrogens with zero attached hydrogens (tertiary/aromatic N) is 1. The van der Waals surface area contributed by atoms with Crippen LogP contribution in [0, 0.1) is 0 Å². The highest BCUT2D eigenvalue weighted by Gasteiger charge is 2.06. The zero-order valence-corrected chi connectivity index (χ0v) is 10.1. The molecule has 0 saturated heterocycles. The highest BCUT2D eigenvalue weighted by molar-refractivity contribution is 6.03. The Morgan fingerprint density at radius 1 is 1.06 bits per heavy atom. The number of rotatable bonds is 3. The number of fused-ring (bicyclic) bond motifs is 1. The summed E-state index contributed by atoms with van der Waals surface area (Å²) in [5, 5.41) is 6.00. The molecule has 2 aromatic carbocycles. The third-order valence-corrected chi connectivity index (χ3v) is 2.73. The van der Waals surface area contributed by atoms with E-state index < -0.39 is 0 Å². The van der Waals surface area contributed by atoms with E-state index in [0.29, 0.717) is 0 Å². The van der Waals surface area contributed by atoms with Gasteiger partial charge < -0.3 is 10.2 Å². The van der Waals surface area contributed by atoms with E-state index in [-0.39, 0.29) is 0 Å². The number of hydrogen-bond acceptors (Lipinski definition) is 2. The summed E-state index contributed by atoms with van der Waals surface area (Å²) in [7, 11) is 4.16. The van der Waals surface area contributed by atoms with Crippen LogP contribution in [0.15, 0.2) is 36.4 Å². The maximum Gasteiger partial charge on any atom is 0.0461 e. The Kier molecular flexibility index (Phi) is 3.00. The predicted octanol–water partition coefficient (Wildman–Crippen LogP) is 3.34. The summed E-state index contributed by atoms with van der Waals surface area (Å²) in [4.78, 5) is 2.16. The van der Waals surface area contributed by atoms with Crippen molar-refractivity contribution < 1.29 is 0 Å². The first kappa shape index (κ1) is 10.8. The van der Waals surface area contributed by atoms with E-state index in [4.69, 9.17) is 0 Å². The summed E-state index contributed by atoms with van der Waals surface area (Å²) < 4.78 is 0. The highest BCUT2D eigenvalue weighted by Crippen LogP contribution is 2.31. The normalized spacial score (nSPS) is 10.4. The predicted molar refractivity (Wildman–Crippen MR) is 72.4 cm³/mol. The Hall–Kier alpha value is -1.70. The molecule has 16 heavy (non-hydrogen) atoms. The summed E-state index contributed by atoms with van der Waals surface area (Å²) in [5.41, 5.74) is 2.47. The van der Waals surface area contributed by atoms with Crippen molar-refractivity contribution in [2.24, 2.45) is 0 Å². The van der Waals surface area contributed by atoms with Crippen molar-refractivity contribution in [3.63, 3.8) is 0 Å². The lowest BCUT2D eigenvalue weighted by molar-refractivity contribution is 1.14. The summed E-state index contributed by atoms with van der Waals surface area (Å²) in [5.74, 6) is 0. The van der Waals surface area contributed by atoms with Gasteiger partial charge in [0.15, 0.2) is 0 Å². The van der Waals surface area contributed by atoms with Gasteiger partial charge in [0.2, 0.25) is 0 Å². The topological polar surface area (TPSA) is 15.3 Å². The minimum absolute atomic E-state index is 0.945. The van der Waals surface area contributed by atoms with Crippen LogP contribution in [0.25, 0.3) is 10.8 Å². The molecule has 0 aliphatic heterocycles. The van der Waals surface area contributed by atoms with Gasteiger partial charge in [0.05, 0.1) is 0 Å². The van der Waals surface area contributed by atoms with E-state index in [0.717, 1.165) is 6.54 Å². The quantitative estimate of drug-likeness (QED) is 0.843. The maximum absolute atomic E-state index is 3.42. The monoisotopic (exact) mass is 214 g/mol. The van der Waals surface area contributed by atoms with Gasteiger partial charge in [0, 0.05) is 37.4 Å². The molecule has 0 atom stereocenters. The molecule has 2 heteroatoms. The molecule has 0 aliphatic carbocycles. The molecule has 84 valence electrons. The molecule has 0 radical (unpaired) electrons. The van der Waals surface area contributed by atoms with E-state index in [1.807, 2.05) is 0 Å². The summed E-state index contributed by atoms with van der Waals surface area (Å²) in [6.07, 6.45) is 0. The van der Waals surface area contributed by atoms with Crippen LogP contribution in [-0.4, -0.2) is 20.6 Å². The first-order valence-electron chi connectivity index (χ1n) is 5.67. The van der Waals surface area contributed by atoms with E-state index in [1.165, 1.54) is 22.1 Å². The molecule has 0 aliphatic rings. The van der Waals surface area contributed by atoms with Crippen molar-refractivity contribution in [1.29, 1.82) is 0 Å². The molecule has 1 N–H and O–H groups in total. The number of nitrogens with one attached hydrogen (secondary N) is 1. The Labute approximate surface area is 96.9 Å². The molecule has 0 unspecified atom stereocenters. The van der Waals surface area contributed by atoms with Crippen LogP contribution in [0.5, 0.6) is 0 Å². The van der Waals surface area contributed by atoms with Crippen LogP contribution in [0.4, 0.5) is 11.4 Å². The molecule has 0 amide bonds. The second-order valence-electron chi connectivity index (χ2n) is 4.11. The minimum Gasteiger partial charge on any atom is -0.385 e. The first-order valence-corrected chi connectivity index (χ1v) is 5.67. The molecule has 0 aromatic heterocycles. The lowest BCUT2D eigenvalue weighted by atomic mass is 10.1. The summed E-state index contributed by atoms with van der Waals surface area (Å²) in [6.45, 7) is 3.07. The van der Waals surface area contributed by atoms with Gasteiger partial charge in [0.25, 0.3) is 0 Å². The van der Waals surface area contributed by atoms with Crippen LogP contribution in [-0.2, 0) is 0 Å². The van der Waals surface area contributed by atoms with Crippen LogP contribution >= 0.6 is 0 Å². The van der Waals surface area contributed by atoms with E-state index in [9.17, 15) is 0 Å². The molecule has 0 saturated carbocycles. The van der Waals surface area contributed by atoms with Gasteiger partial charge in [-0.2, -0.15) is 0 Å². The largest absolute Gasteiger partial charge is 0.385 e. The Bertz CT molecular complexity index is 484. The fraction of sp³-hybridized carbons (Fsp3) is 0.286. The zero-order valence-electron chi connectivity index (χ0n) is 10.1. The summed E-state index contributed by atoms with van der Waals surface area (Å²) in [6, 6.07) is 12.8. The second-order valence-corrected chi connectivity index (χ2v) is 4.11. The Morgan fingerprint density at radius 3 is 2.38 bits per heavy atom. The third kappa shape index (κ3) is 1.83. The van der Waals surface area contributed by atoms with Crippen molar-refractivity contribution in [2.75, 3.05) is 30.9 Å². The average molecular weight is 214 g/mol. The lowest BCUT2D eigenvalue weighted by Crippen LogP contribution is -2.10. The van der Waals surface area contributed by atoms with E-state index in [2.05, 4.69) is 67.6 Å². The zero-order chi connectivity index (χ0) is 11.5. The fourth-order valence-corrected chi connectivity index (χ4v) is 2.03. The van der Waals surface area contributed by atoms with Crippen LogP contribution in [0.3, 0.4) is 0 Å². The second kappa shape index (κ2) is 4.44. The Balaban J connectivity index is 2.71. The first-order chi connectivity index (χ1) is 7.74. The number of hydrogen-bond donors (Lipinski definition) is 1. The molecule has 2 aromatic rings. The molecule has 0 bridgehead atoms. The number of anilines is 2. The van der Waals surface area contributed by atoms with Gasteiger partial charge >= 0.3 is 0 Å². The van der Waals surface area contributed by atoms with Crippen molar-refractivity contribution in [3.8, 4) is 0 Å². The van der Waals surface area contributed by atoms with Gasteiger partial charge in [-0.1, -0.05) is 24.3 Å². The van der Waals surface area contributed by atoms with E-state index >= 15 is 0 Å². The van der Waals surface area contributed by atoms with Crippen molar-refractivity contribution >= 4 is 22.1 Å². The molecule has 0 fully saturated rings. The fourth-order valence-electron chi connectivity index (χ4n) is 2.03. The van der Waals surface area contributed by atoms with Crippen LogP contribution < -0.4 is 10.2 Å². The Morgan fingerprint density at radius 2 is 1.75 bits per heavy atom.